The number of carbonyl (C=O) groups is 3. The quantitative estimate of drug-likeness (QED) is 0.500. The lowest BCUT2D eigenvalue weighted by atomic mass is 10.1. The van der Waals surface area contributed by atoms with Crippen LogP contribution in [-0.4, -0.2) is 31.4 Å². The van der Waals surface area contributed by atoms with E-state index in [-0.39, 0.29) is 25.1 Å². The average Bonchev–Trinajstić information content (AvgIpc) is 2.71. The number of methoxy groups -OCH3 is 1. The van der Waals surface area contributed by atoms with E-state index in [1.165, 1.54) is 7.11 Å². The molecular weight excluding hydrogens is 360 g/mol. The number of carboxylic acids is 1. The van der Waals surface area contributed by atoms with Crippen molar-refractivity contribution in [3.05, 3.63) is 71.4 Å². The van der Waals surface area contributed by atoms with Crippen LogP contribution in [0.25, 0.3) is 6.08 Å². The van der Waals surface area contributed by atoms with Crippen LogP contribution < -0.4 is 20.5 Å². The normalized spacial score (nSPS) is 10.8. The molecule has 2 rings (SSSR count). The minimum Gasteiger partial charge on any atom is -0.550 e. The molecule has 2 amide bonds. The van der Waals surface area contributed by atoms with Gasteiger partial charge in [-0.1, -0.05) is 30.3 Å². The SMILES string of the molecule is COc1ccc(C(=O)N/C(=C/c2ccccc2)C(=O)NCCCC(=O)[O-])cc1. The highest BCUT2D eigenvalue weighted by Gasteiger charge is 2.14. The van der Waals surface area contributed by atoms with Crippen molar-refractivity contribution in [1.82, 2.24) is 10.6 Å². The molecule has 2 aromatic carbocycles. The van der Waals surface area contributed by atoms with E-state index in [9.17, 15) is 19.5 Å². The van der Waals surface area contributed by atoms with Gasteiger partial charge in [0.2, 0.25) is 0 Å². The lowest BCUT2D eigenvalue weighted by Gasteiger charge is -2.12. The number of ether oxygens (including phenoxy) is 1. The summed E-state index contributed by atoms with van der Waals surface area (Å²) in [5.74, 6) is -1.52. The van der Waals surface area contributed by atoms with Gasteiger partial charge in [0.05, 0.1) is 7.11 Å². The maximum absolute atomic E-state index is 12.5. The van der Waals surface area contributed by atoms with Gasteiger partial charge in [-0.05, 0) is 48.7 Å². The van der Waals surface area contributed by atoms with Gasteiger partial charge in [-0.25, -0.2) is 0 Å². The molecule has 0 saturated heterocycles. The van der Waals surface area contributed by atoms with Crippen molar-refractivity contribution in [2.24, 2.45) is 0 Å². The predicted octanol–water partition coefficient (Wildman–Crippen LogP) is 1.11. The summed E-state index contributed by atoms with van der Waals surface area (Å²) < 4.78 is 5.07. The number of nitrogens with one attached hydrogen (secondary N) is 2. The van der Waals surface area contributed by atoms with Crippen molar-refractivity contribution in [2.75, 3.05) is 13.7 Å². The van der Waals surface area contributed by atoms with Crippen molar-refractivity contribution >= 4 is 23.9 Å². The van der Waals surface area contributed by atoms with Gasteiger partial charge in [-0.3, -0.25) is 9.59 Å². The molecule has 0 heterocycles. The van der Waals surface area contributed by atoms with Crippen LogP contribution in [0.5, 0.6) is 5.75 Å². The van der Waals surface area contributed by atoms with Crippen molar-refractivity contribution in [3.8, 4) is 5.75 Å². The molecule has 0 aliphatic carbocycles. The summed E-state index contributed by atoms with van der Waals surface area (Å²) in [6.07, 6.45) is 1.63. The Morgan fingerprint density at radius 3 is 2.32 bits per heavy atom. The second-order valence-electron chi connectivity index (χ2n) is 5.88. The van der Waals surface area contributed by atoms with Crippen LogP contribution in [0.4, 0.5) is 0 Å². The first kappa shape index (κ1) is 20.7. The summed E-state index contributed by atoms with van der Waals surface area (Å²) in [5, 5.41) is 15.7. The number of carbonyl (C=O) groups excluding carboxylic acids is 3. The van der Waals surface area contributed by atoms with Gasteiger partial charge < -0.3 is 25.3 Å². The van der Waals surface area contributed by atoms with Crippen LogP contribution in [-0.2, 0) is 9.59 Å². The smallest absolute Gasteiger partial charge is 0.267 e. The third-order valence-corrected chi connectivity index (χ3v) is 3.80. The predicted molar refractivity (Wildman–Crippen MR) is 102 cm³/mol. The number of rotatable bonds is 9. The van der Waals surface area contributed by atoms with Crippen LogP contribution in [0.2, 0.25) is 0 Å². The number of amides is 2. The molecule has 0 aliphatic rings. The van der Waals surface area contributed by atoms with E-state index in [0.717, 1.165) is 5.56 Å². The Bertz CT molecular complexity index is 845. The number of aliphatic carboxylic acids is 1. The molecule has 0 aromatic heterocycles. The van der Waals surface area contributed by atoms with Gasteiger partial charge in [0.15, 0.2) is 0 Å². The van der Waals surface area contributed by atoms with E-state index in [4.69, 9.17) is 4.74 Å². The lowest BCUT2D eigenvalue weighted by molar-refractivity contribution is -0.305. The average molecular weight is 381 g/mol. The van der Waals surface area contributed by atoms with Gasteiger partial charge in [0, 0.05) is 18.1 Å². The van der Waals surface area contributed by atoms with Crippen LogP contribution in [0.3, 0.4) is 0 Å². The first-order valence-corrected chi connectivity index (χ1v) is 8.70. The topological polar surface area (TPSA) is 108 Å². The van der Waals surface area contributed by atoms with E-state index < -0.39 is 17.8 Å². The Balaban J connectivity index is 2.13. The Morgan fingerprint density at radius 1 is 1.04 bits per heavy atom. The number of hydrogen-bond acceptors (Lipinski definition) is 5. The molecule has 2 N–H and O–H groups in total. The van der Waals surface area contributed by atoms with Crippen LogP contribution in [0.15, 0.2) is 60.3 Å². The van der Waals surface area contributed by atoms with Crippen LogP contribution in [0.1, 0.15) is 28.8 Å². The summed E-state index contributed by atoms with van der Waals surface area (Å²) >= 11 is 0. The fourth-order valence-corrected chi connectivity index (χ4v) is 2.34. The van der Waals surface area contributed by atoms with Gasteiger partial charge in [-0.15, -0.1) is 0 Å². The molecule has 0 spiro atoms. The van der Waals surface area contributed by atoms with E-state index >= 15 is 0 Å². The van der Waals surface area contributed by atoms with Gasteiger partial charge in [0.25, 0.3) is 11.8 Å². The van der Waals surface area contributed by atoms with Crippen LogP contribution >= 0.6 is 0 Å². The zero-order chi connectivity index (χ0) is 20.4. The van der Waals surface area contributed by atoms with Gasteiger partial charge in [-0.2, -0.15) is 0 Å². The van der Waals surface area contributed by atoms with Crippen molar-refractivity contribution in [2.45, 2.75) is 12.8 Å². The summed E-state index contributed by atoms with van der Waals surface area (Å²) in [6, 6.07) is 15.5. The van der Waals surface area contributed by atoms with E-state index in [1.807, 2.05) is 18.2 Å². The number of hydrogen-bond donors (Lipinski definition) is 2. The zero-order valence-corrected chi connectivity index (χ0v) is 15.4. The first-order valence-electron chi connectivity index (χ1n) is 8.70. The Labute approximate surface area is 163 Å². The molecule has 28 heavy (non-hydrogen) atoms. The maximum atomic E-state index is 12.5. The van der Waals surface area contributed by atoms with E-state index in [2.05, 4.69) is 10.6 Å². The third kappa shape index (κ3) is 6.60. The highest BCUT2D eigenvalue weighted by Crippen LogP contribution is 2.12. The first-order chi connectivity index (χ1) is 13.5. The monoisotopic (exact) mass is 381 g/mol. The second-order valence-corrected chi connectivity index (χ2v) is 5.88. The fraction of sp³-hybridized carbons (Fsp3) is 0.190. The molecule has 0 radical (unpaired) electrons. The lowest BCUT2D eigenvalue weighted by Crippen LogP contribution is -2.35. The molecule has 7 nitrogen and oxygen atoms in total. The minimum absolute atomic E-state index is 0.0560. The summed E-state index contributed by atoms with van der Waals surface area (Å²) in [5.41, 5.74) is 1.15. The summed E-state index contributed by atoms with van der Waals surface area (Å²) in [6.45, 7) is 0.150. The highest BCUT2D eigenvalue weighted by molar-refractivity contribution is 6.05. The van der Waals surface area contributed by atoms with Gasteiger partial charge in [0.1, 0.15) is 11.4 Å². The number of carboxylic acid groups (broad SMARTS) is 1. The standard InChI is InChI=1S/C21H22N2O5/c1-28-17-11-9-16(10-12-17)20(26)23-18(14-15-6-3-2-4-7-15)21(27)22-13-5-8-19(24)25/h2-4,6-7,9-12,14H,5,8,13H2,1H3,(H,22,27)(H,23,26)(H,24,25)/p-1/b18-14+. The second kappa shape index (κ2) is 10.5. The fourth-order valence-electron chi connectivity index (χ4n) is 2.34. The van der Waals surface area contributed by atoms with Crippen molar-refractivity contribution < 1.29 is 24.2 Å². The molecule has 7 heteroatoms. The highest BCUT2D eigenvalue weighted by atomic mass is 16.5. The van der Waals surface area contributed by atoms with Crippen LogP contribution in [0, 0.1) is 0 Å². The Hall–Kier alpha value is -3.61. The molecule has 0 fully saturated rings. The molecule has 0 saturated carbocycles. The zero-order valence-electron chi connectivity index (χ0n) is 15.4. The molecule has 0 unspecified atom stereocenters. The van der Waals surface area contributed by atoms with Gasteiger partial charge >= 0.3 is 0 Å². The van der Waals surface area contributed by atoms with Crippen molar-refractivity contribution in [3.63, 3.8) is 0 Å². The third-order valence-electron chi connectivity index (χ3n) is 3.80. The molecule has 0 atom stereocenters. The summed E-state index contributed by atoms with van der Waals surface area (Å²) in [4.78, 5) is 35.5. The Kier molecular flexibility index (Phi) is 7.77. The number of benzene rings is 2. The molecule has 2 aromatic rings. The maximum Gasteiger partial charge on any atom is 0.267 e. The molecule has 146 valence electrons. The van der Waals surface area contributed by atoms with E-state index in [0.29, 0.717) is 11.3 Å². The summed E-state index contributed by atoms with van der Waals surface area (Å²) in [7, 11) is 1.53. The van der Waals surface area contributed by atoms with Crippen molar-refractivity contribution in [1.29, 1.82) is 0 Å². The minimum atomic E-state index is -1.18. The molecular formula is C21H21N2O5-. The molecule has 0 bridgehead atoms. The largest absolute Gasteiger partial charge is 0.550 e. The molecule has 0 aliphatic heterocycles. The Morgan fingerprint density at radius 2 is 1.71 bits per heavy atom. The van der Waals surface area contributed by atoms with E-state index in [1.54, 1.807) is 42.5 Å².